The first-order valence-corrected chi connectivity index (χ1v) is 6.50. The molecule has 0 heterocycles. The molecule has 1 rings (SSSR count). The molecule has 0 aliphatic heterocycles. The monoisotopic (exact) mass is 270 g/mol. The Balaban J connectivity index is 2.60. The minimum Gasteiger partial charge on any atom is -0.339 e. The number of carbonyl (C=O) groups is 1. The molecule has 0 saturated heterocycles. The second-order valence-electron chi connectivity index (χ2n) is 4.26. The van der Waals surface area contributed by atoms with E-state index in [0.29, 0.717) is 31.6 Å². The molecule has 0 aliphatic carbocycles. The molecule has 0 bridgehead atoms. The van der Waals surface area contributed by atoms with Gasteiger partial charge in [-0.1, -0.05) is 13.0 Å². The number of amides is 1. The largest absolute Gasteiger partial charge is 0.339 e. The van der Waals surface area contributed by atoms with E-state index >= 15 is 0 Å². The van der Waals surface area contributed by atoms with Crippen LogP contribution in [0.1, 0.15) is 25.8 Å². The number of rotatable bonds is 7. The van der Waals surface area contributed by atoms with Gasteiger partial charge in [0.1, 0.15) is 0 Å². The van der Waals surface area contributed by atoms with Gasteiger partial charge in [-0.25, -0.2) is 8.78 Å². The van der Waals surface area contributed by atoms with Crippen molar-refractivity contribution in [2.45, 2.75) is 26.8 Å². The Hall–Kier alpha value is -1.49. The van der Waals surface area contributed by atoms with Gasteiger partial charge in [0.2, 0.25) is 5.91 Å². The molecule has 3 nitrogen and oxygen atoms in total. The van der Waals surface area contributed by atoms with Crippen LogP contribution in [0.4, 0.5) is 8.78 Å². The van der Waals surface area contributed by atoms with Gasteiger partial charge in [-0.3, -0.25) is 4.79 Å². The lowest BCUT2D eigenvalue weighted by molar-refractivity contribution is -0.131. The third-order valence-electron chi connectivity index (χ3n) is 2.86. The first kappa shape index (κ1) is 15.6. The van der Waals surface area contributed by atoms with E-state index in [1.807, 2.05) is 13.8 Å². The average molecular weight is 270 g/mol. The number of halogens is 2. The zero-order valence-electron chi connectivity index (χ0n) is 11.4. The van der Waals surface area contributed by atoms with E-state index < -0.39 is 11.6 Å². The van der Waals surface area contributed by atoms with Crippen LogP contribution in [0.15, 0.2) is 18.2 Å². The molecule has 0 saturated carbocycles. The fraction of sp³-hybridized carbons (Fsp3) is 0.500. The molecule has 0 atom stereocenters. The third-order valence-corrected chi connectivity index (χ3v) is 2.86. The standard InChI is InChI=1S/C14H20F2N2O/c1-3-17-8-7-14(19)18(4-2)10-11-5-6-12(15)13(16)9-11/h5-6,9,17H,3-4,7-8,10H2,1-2H3. The van der Waals surface area contributed by atoms with E-state index in [1.54, 1.807) is 4.90 Å². The quantitative estimate of drug-likeness (QED) is 0.771. The van der Waals surface area contributed by atoms with Gasteiger partial charge in [0.15, 0.2) is 11.6 Å². The minimum atomic E-state index is -0.881. The fourth-order valence-corrected chi connectivity index (χ4v) is 1.76. The van der Waals surface area contributed by atoms with Crippen LogP contribution >= 0.6 is 0 Å². The van der Waals surface area contributed by atoms with Crippen LogP contribution in [0.5, 0.6) is 0 Å². The summed E-state index contributed by atoms with van der Waals surface area (Å²) in [4.78, 5) is 13.6. The molecule has 0 aromatic heterocycles. The molecule has 19 heavy (non-hydrogen) atoms. The lowest BCUT2D eigenvalue weighted by Crippen LogP contribution is -2.32. The molecule has 1 aromatic carbocycles. The second kappa shape index (κ2) is 7.84. The van der Waals surface area contributed by atoms with E-state index in [9.17, 15) is 13.6 Å². The summed E-state index contributed by atoms with van der Waals surface area (Å²) in [5, 5.41) is 3.08. The maximum Gasteiger partial charge on any atom is 0.224 e. The maximum absolute atomic E-state index is 13.1. The van der Waals surface area contributed by atoms with Crippen molar-refractivity contribution < 1.29 is 13.6 Å². The van der Waals surface area contributed by atoms with Crippen LogP contribution in [0.2, 0.25) is 0 Å². The van der Waals surface area contributed by atoms with Gasteiger partial charge < -0.3 is 10.2 Å². The van der Waals surface area contributed by atoms with Crippen molar-refractivity contribution in [3.8, 4) is 0 Å². The predicted molar refractivity (Wildman–Crippen MR) is 70.6 cm³/mol. The summed E-state index contributed by atoms with van der Waals surface area (Å²) in [5.41, 5.74) is 0.595. The number of nitrogens with one attached hydrogen (secondary N) is 1. The topological polar surface area (TPSA) is 32.3 Å². The Morgan fingerprint density at radius 1 is 1.26 bits per heavy atom. The number of hydrogen-bond donors (Lipinski definition) is 1. The highest BCUT2D eigenvalue weighted by Crippen LogP contribution is 2.11. The van der Waals surface area contributed by atoms with E-state index in [0.717, 1.165) is 18.7 Å². The lowest BCUT2D eigenvalue weighted by Gasteiger charge is -2.21. The maximum atomic E-state index is 13.1. The Morgan fingerprint density at radius 2 is 2.00 bits per heavy atom. The van der Waals surface area contributed by atoms with Gasteiger partial charge in [-0.15, -0.1) is 0 Å². The van der Waals surface area contributed by atoms with Gasteiger partial charge in [0.25, 0.3) is 0 Å². The summed E-state index contributed by atoms with van der Waals surface area (Å²) in [6, 6.07) is 3.72. The molecule has 0 aliphatic rings. The van der Waals surface area contributed by atoms with Crippen molar-refractivity contribution >= 4 is 5.91 Å². The Bertz CT molecular complexity index is 424. The average Bonchev–Trinajstić information content (AvgIpc) is 2.40. The summed E-state index contributed by atoms with van der Waals surface area (Å²) < 4.78 is 25.9. The van der Waals surface area contributed by atoms with Gasteiger partial charge in [0, 0.05) is 26.1 Å². The third kappa shape index (κ3) is 4.95. The van der Waals surface area contributed by atoms with Gasteiger partial charge in [-0.05, 0) is 31.2 Å². The second-order valence-corrected chi connectivity index (χ2v) is 4.26. The summed E-state index contributed by atoms with van der Waals surface area (Å²) in [7, 11) is 0. The first-order valence-electron chi connectivity index (χ1n) is 6.50. The zero-order chi connectivity index (χ0) is 14.3. The Morgan fingerprint density at radius 3 is 2.58 bits per heavy atom. The number of carbonyl (C=O) groups excluding carboxylic acids is 1. The molecule has 0 unspecified atom stereocenters. The normalized spacial score (nSPS) is 10.5. The molecular weight excluding hydrogens is 250 g/mol. The number of nitrogens with zero attached hydrogens (tertiary/aromatic N) is 1. The number of hydrogen-bond acceptors (Lipinski definition) is 2. The molecule has 0 radical (unpaired) electrons. The van der Waals surface area contributed by atoms with E-state index in [1.165, 1.54) is 6.07 Å². The predicted octanol–water partition coefficient (Wildman–Crippen LogP) is 2.31. The highest BCUT2D eigenvalue weighted by Gasteiger charge is 2.12. The highest BCUT2D eigenvalue weighted by molar-refractivity contribution is 5.76. The minimum absolute atomic E-state index is 0.00758. The summed E-state index contributed by atoms with van der Waals surface area (Å²) in [5.74, 6) is -1.74. The molecule has 0 fully saturated rings. The van der Waals surface area contributed by atoms with Crippen LogP contribution in [0.3, 0.4) is 0 Å². The Labute approximate surface area is 112 Å². The molecule has 0 spiro atoms. The smallest absolute Gasteiger partial charge is 0.224 e. The van der Waals surface area contributed by atoms with Crippen LogP contribution in [-0.2, 0) is 11.3 Å². The van der Waals surface area contributed by atoms with Gasteiger partial charge in [-0.2, -0.15) is 0 Å². The van der Waals surface area contributed by atoms with Crippen molar-refractivity contribution in [1.82, 2.24) is 10.2 Å². The molecule has 106 valence electrons. The fourth-order valence-electron chi connectivity index (χ4n) is 1.76. The van der Waals surface area contributed by atoms with Crippen LogP contribution < -0.4 is 5.32 Å². The van der Waals surface area contributed by atoms with Crippen molar-refractivity contribution in [3.05, 3.63) is 35.4 Å². The molecule has 5 heteroatoms. The SMILES string of the molecule is CCNCCC(=O)N(CC)Cc1ccc(F)c(F)c1. The van der Waals surface area contributed by atoms with Crippen molar-refractivity contribution in [2.24, 2.45) is 0 Å². The summed E-state index contributed by atoms with van der Waals surface area (Å²) in [6.07, 6.45) is 0.408. The van der Waals surface area contributed by atoms with Crippen molar-refractivity contribution in [3.63, 3.8) is 0 Å². The van der Waals surface area contributed by atoms with Gasteiger partial charge >= 0.3 is 0 Å². The Kier molecular flexibility index (Phi) is 6.42. The molecule has 1 aromatic rings. The molecular formula is C14H20F2N2O. The number of benzene rings is 1. The zero-order valence-corrected chi connectivity index (χ0v) is 11.4. The first-order chi connectivity index (χ1) is 9.08. The van der Waals surface area contributed by atoms with Crippen molar-refractivity contribution in [2.75, 3.05) is 19.6 Å². The van der Waals surface area contributed by atoms with Crippen LogP contribution in [0.25, 0.3) is 0 Å². The van der Waals surface area contributed by atoms with E-state index in [4.69, 9.17) is 0 Å². The lowest BCUT2D eigenvalue weighted by atomic mass is 10.2. The van der Waals surface area contributed by atoms with Crippen molar-refractivity contribution in [1.29, 1.82) is 0 Å². The van der Waals surface area contributed by atoms with Crippen LogP contribution in [0, 0.1) is 11.6 Å². The molecule has 1 N–H and O–H groups in total. The van der Waals surface area contributed by atoms with E-state index in [-0.39, 0.29) is 5.91 Å². The van der Waals surface area contributed by atoms with Gasteiger partial charge in [0.05, 0.1) is 0 Å². The highest BCUT2D eigenvalue weighted by atomic mass is 19.2. The molecule has 1 amide bonds. The van der Waals surface area contributed by atoms with Crippen LogP contribution in [-0.4, -0.2) is 30.4 Å². The summed E-state index contributed by atoms with van der Waals surface area (Å²) in [6.45, 7) is 6.14. The summed E-state index contributed by atoms with van der Waals surface area (Å²) >= 11 is 0. The van der Waals surface area contributed by atoms with E-state index in [2.05, 4.69) is 5.32 Å².